The number of rotatable bonds is 5. The Morgan fingerprint density at radius 3 is 3.05 bits per heavy atom. The standard InChI is InChI=1S/C14H21N7O/c1-11-6-13(19(2)18-11)17-14(22)8-20-5-3-4-12(20)7-21-10-15-9-16-21/h6,9-10,12H,3-5,7-8H2,1-2H3,(H,17,22)/t12-/m1/s1. The molecule has 3 heterocycles. The van der Waals surface area contributed by atoms with E-state index in [-0.39, 0.29) is 5.91 Å². The lowest BCUT2D eigenvalue weighted by Gasteiger charge is -2.23. The van der Waals surface area contributed by atoms with E-state index in [0.29, 0.717) is 12.6 Å². The molecule has 3 rings (SSSR count). The first-order chi connectivity index (χ1) is 10.6. The molecule has 0 radical (unpaired) electrons. The van der Waals surface area contributed by atoms with E-state index >= 15 is 0 Å². The Hall–Kier alpha value is -2.22. The molecule has 8 heteroatoms. The molecular weight excluding hydrogens is 282 g/mol. The van der Waals surface area contributed by atoms with Crippen molar-refractivity contribution >= 4 is 11.7 Å². The normalized spacial score (nSPS) is 18.7. The molecular formula is C14H21N7O. The summed E-state index contributed by atoms with van der Waals surface area (Å²) in [4.78, 5) is 18.4. The second-order valence-electron chi connectivity index (χ2n) is 5.73. The van der Waals surface area contributed by atoms with Crippen molar-refractivity contribution in [3.05, 3.63) is 24.4 Å². The molecule has 2 aromatic heterocycles. The number of hydrogen-bond acceptors (Lipinski definition) is 5. The average molecular weight is 303 g/mol. The maximum Gasteiger partial charge on any atom is 0.239 e. The number of nitrogens with one attached hydrogen (secondary N) is 1. The fraction of sp³-hybridized carbons (Fsp3) is 0.571. The molecule has 1 saturated heterocycles. The molecule has 8 nitrogen and oxygen atoms in total. The van der Waals surface area contributed by atoms with Crippen LogP contribution >= 0.6 is 0 Å². The minimum Gasteiger partial charge on any atom is -0.310 e. The summed E-state index contributed by atoms with van der Waals surface area (Å²) in [5.74, 6) is 0.725. The van der Waals surface area contributed by atoms with Crippen LogP contribution in [0.15, 0.2) is 18.7 Å². The lowest BCUT2D eigenvalue weighted by Crippen LogP contribution is -2.39. The van der Waals surface area contributed by atoms with E-state index in [4.69, 9.17) is 0 Å². The molecule has 0 unspecified atom stereocenters. The maximum atomic E-state index is 12.2. The summed E-state index contributed by atoms with van der Waals surface area (Å²) in [6.45, 7) is 4.02. The van der Waals surface area contributed by atoms with Crippen molar-refractivity contribution in [2.45, 2.75) is 32.4 Å². The highest BCUT2D eigenvalue weighted by Gasteiger charge is 2.27. The molecule has 1 aliphatic rings. The fourth-order valence-corrected chi connectivity index (χ4v) is 2.95. The summed E-state index contributed by atoms with van der Waals surface area (Å²) in [5, 5.41) is 11.3. The summed E-state index contributed by atoms with van der Waals surface area (Å²) < 4.78 is 3.51. The predicted molar refractivity (Wildman–Crippen MR) is 81.2 cm³/mol. The quantitative estimate of drug-likeness (QED) is 0.866. The Morgan fingerprint density at radius 2 is 2.36 bits per heavy atom. The third kappa shape index (κ3) is 3.33. The zero-order valence-electron chi connectivity index (χ0n) is 12.9. The van der Waals surface area contributed by atoms with Gasteiger partial charge in [0.2, 0.25) is 5.91 Å². The summed E-state index contributed by atoms with van der Waals surface area (Å²) in [7, 11) is 1.83. The largest absolute Gasteiger partial charge is 0.310 e. The van der Waals surface area contributed by atoms with E-state index in [1.807, 2.05) is 24.7 Å². The van der Waals surface area contributed by atoms with Crippen LogP contribution in [0.2, 0.25) is 0 Å². The smallest absolute Gasteiger partial charge is 0.239 e. The molecule has 1 atom stereocenters. The number of aryl methyl sites for hydroxylation is 2. The highest BCUT2D eigenvalue weighted by molar-refractivity contribution is 5.91. The van der Waals surface area contributed by atoms with Gasteiger partial charge in [0.15, 0.2) is 0 Å². The minimum absolute atomic E-state index is 0.00603. The van der Waals surface area contributed by atoms with E-state index in [1.165, 1.54) is 6.33 Å². The van der Waals surface area contributed by atoms with Gasteiger partial charge in [-0.1, -0.05) is 0 Å². The molecule has 0 aromatic carbocycles. The van der Waals surface area contributed by atoms with Gasteiger partial charge >= 0.3 is 0 Å². The van der Waals surface area contributed by atoms with Crippen LogP contribution < -0.4 is 5.32 Å². The fourth-order valence-electron chi connectivity index (χ4n) is 2.95. The summed E-state index contributed by atoms with van der Waals surface area (Å²) in [6.07, 6.45) is 5.45. The Kier molecular flexibility index (Phi) is 4.19. The van der Waals surface area contributed by atoms with E-state index in [0.717, 1.165) is 37.4 Å². The summed E-state index contributed by atoms with van der Waals surface area (Å²) in [5.41, 5.74) is 0.892. The highest BCUT2D eigenvalue weighted by Crippen LogP contribution is 2.18. The minimum atomic E-state index is -0.00603. The average Bonchev–Trinajstić information content (AvgIpc) is 3.16. The molecule has 1 aliphatic heterocycles. The van der Waals surface area contributed by atoms with Gasteiger partial charge < -0.3 is 5.32 Å². The lowest BCUT2D eigenvalue weighted by atomic mass is 10.2. The Labute approximate surface area is 129 Å². The lowest BCUT2D eigenvalue weighted by molar-refractivity contribution is -0.117. The van der Waals surface area contributed by atoms with Gasteiger partial charge in [0.1, 0.15) is 18.5 Å². The Bertz CT molecular complexity index is 634. The Morgan fingerprint density at radius 1 is 1.50 bits per heavy atom. The summed E-state index contributed by atoms with van der Waals surface area (Å²) >= 11 is 0. The zero-order valence-corrected chi connectivity index (χ0v) is 12.9. The SMILES string of the molecule is Cc1cc(NC(=O)CN2CCC[C@@H]2Cn2cncn2)n(C)n1. The molecule has 118 valence electrons. The number of likely N-dealkylation sites (tertiary alicyclic amines) is 1. The number of amides is 1. The van der Waals surface area contributed by atoms with E-state index < -0.39 is 0 Å². The van der Waals surface area contributed by atoms with Gasteiger partial charge in [-0.05, 0) is 26.3 Å². The van der Waals surface area contributed by atoms with Crippen LogP contribution in [-0.4, -0.2) is 54.5 Å². The number of carbonyl (C=O) groups is 1. The van der Waals surface area contributed by atoms with Crippen molar-refractivity contribution in [2.24, 2.45) is 7.05 Å². The topological polar surface area (TPSA) is 80.9 Å². The van der Waals surface area contributed by atoms with Gasteiger partial charge in [-0.25, -0.2) is 4.98 Å². The van der Waals surface area contributed by atoms with Crippen LogP contribution in [0.5, 0.6) is 0 Å². The Balaban J connectivity index is 1.57. The third-order valence-corrected chi connectivity index (χ3v) is 3.98. The van der Waals surface area contributed by atoms with Crippen LogP contribution in [0.25, 0.3) is 0 Å². The van der Waals surface area contributed by atoms with Crippen LogP contribution in [0.4, 0.5) is 5.82 Å². The number of aromatic nitrogens is 5. The van der Waals surface area contributed by atoms with Gasteiger partial charge in [0.25, 0.3) is 0 Å². The summed E-state index contributed by atoms with van der Waals surface area (Å²) in [6, 6.07) is 2.20. The van der Waals surface area contributed by atoms with Crippen molar-refractivity contribution in [3.8, 4) is 0 Å². The van der Waals surface area contributed by atoms with Crippen molar-refractivity contribution < 1.29 is 4.79 Å². The molecule has 2 aromatic rings. The number of anilines is 1. The van der Waals surface area contributed by atoms with Crippen LogP contribution in [0, 0.1) is 6.92 Å². The van der Waals surface area contributed by atoms with Crippen molar-refractivity contribution in [1.29, 1.82) is 0 Å². The third-order valence-electron chi connectivity index (χ3n) is 3.98. The second-order valence-corrected chi connectivity index (χ2v) is 5.73. The van der Waals surface area contributed by atoms with Crippen LogP contribution in [0.3, 0.4) is 0 Å². The molecule has 22 heavy (non-hydrogen) atoms. The number of nitrogens with zero attached hydrogens (tertiary/aromatic N) is 6. The molecule has 1 N–H and O–H groups in total. The number of hydrogen-bond donors (Lipinski definition) is 1. The number of carbonyl (C=O) groups excluding carboxylic acids is 1. The molecule has 1 amide bonds. The van der Waals surface area contributed by atoms with Gasteiger partial charge in [-0.3, -0.25) is 19.1 Å². The monoisotopic (exact) mass is 303 g/mol. The van der Waals surface area contributed by atoms with Crippen molar-refractivity contribution in [2.75, 3.05) is 18.4 Å². The first-order valence-electron chi connectivity index (χ1n) is 7.49. The first kappa shape index (κ1) is 14.7. The molecule has 0 saturated carbocycles. The molecule has 0 bridgehead atoms. The molecule has 1 fully saturated rings. The van der Waals surface area contributed by atoms with Gasteiger partial charge in [-0.2, -0.15) is 10.2 Å². The molecule has 0 spiro atoms. The van der Waals surface area contributed by atoms with Crippen molar-refractivity contribution in [1.82, 2.24) is 29.4 Å². The molecule has 0 aliphatic carbocycles. The van der Waals surface area contributed by atoms with E-state index in [2.05, 4.69) is 25.4 Å². The second kappa shape index (κ2) is 6.27. The zero-order chi connectivity index (χ0) is 15.5. The van der Waals surface area contributed by atoms with Gasteiger partial charge in [0, 0.05) is 19.2 Å². The van der Waals surface area contributed by atoms with Gasteiger partial charge in [-0.15, -0.1) is 0 Å². The van der Waals surface area contributed by atoms with E-state index in [9.17, 15) is 4.79 Å². The van der Waals surface area contributed by atoms with Crippen LogP contribution in [-0.2, 0) is 18.4 Å². The maximum absolute atomic E-state index is 12.2. The first-order valence-corrected chi connectivity index (χ1v) is 7.49. The predicted octanol–water partition coefficient (Wildman–Crippen LogP) is 0.423. The van der Waals surface area contributed by atoms with Gasteiger partial charge in [0.05, 0.1) is 18.8 Å². The van der Waals surface area contributed by atoms with Crippen LogP contribution in [0.1, 0.15) is 18.5 Å². The van der Waals surface area contributed by atoms with E-state index in [1.54, 1.807) is 11.0 Å². The highest BCUT2D eigenvalue weighted by atomic mass is 16.2. The van der Waals surface area contributed by atoms with Crippen molar-refractivity contribution in [3.63, 3.8) is 0 Å².